The first-order valence-electron chi connectivity index (χ1n) is 8.54. The van der Waals surface area contributed by atoms with Crippen molar-refractivity contribution in [2.45, 2.75) is 25.6 Å². The summed E-state index contributed by atoms with van der Waals surface area (Å²) in [4.78, 5) is 12.2. The molecule has 6 nitrogen and oxygen atoms in total. The second kappa shape index (κ2) is 8.39. The summed E-state index contributed by atoms with van der Waals surface area (Å²) in [6, 6.07) is 2.57. The molecule has 2 heterocycles. The van der Waals surface area contributed by atoms with Crippen molar-refractivity contribution in [2.75, 3.05) is 38.6 Å². The monoisotopic (exact) mass is 380 g/mol. The third-order valence-electron chi connectivity index (χ3n) is 4.39. The van der Waals surface area contributed by atoms with E-state index >= 15 is 0 Å². The van der Waals surface area contributed by atoms with Crippen molar-refractivity contribution in [1.82, 2.24) is 9.88 Å². The molecule has 1 aromatic heterocycles. The Kier molecular flexibility index (Phi) is 6.44. The topological polar surface area (TPSA) is 81.5 Å². The first-order chi connectivity index (χ1) is 12.7. The van der Waals surface area contributed by atoms with E-state index in [1.165, 1.54) is 12.4 Å². The van der Waals surface area contributed by atoms with E-state index in [1.807, 2.05) is 25.9 Å². The molecule has 1 aliphatic rings. The van der Waals surface area contributed by atoms with Gasteiger partial charge in [0.25, 0.3) is 0 Å². The van der Waals surface area contributed by atoms with Gasteiger partial charge in [-0.25, -0.2) is 4.98 Å². The standard InChI is InChI=1S/C18H23F3N6/c1-12-4-6-27(12)17-14(10-23)15(18(19,20)21)8-16(25-17)13(9-22)11-24-5-7-26(2)3/h8-9,11-12H,4-7,22H2,1-3H3/b13-9+,24-11?/t12-/m0/s1. The second-order valence-corrected chi connectivity index (χ2v) is 6.65. The molecular formula is C18H23F3N6. The molecule has 1 aromatic rings. The first kappa shape index (κ1) is 20.7. The fourth-order valence-corrected chi connectivity index (χ4v) is 2.67. The second-order valence-electron chi connectivity index (χ2n) is 6.65. The van der Waals surface area contributed by atoms with Crippen LogP contribution in [0.15, 0.2) is 17.3 Å². The Bertz CT molecular complexity index is 777. The van der Waals surface area contributed by atoms with Crippen molar-refractivity contribution < 1.29 is 13.2 Å². The molecule has 146 valence electrons. The third-order valence-corrected chi connectivity index (χ3v) is 4.39. The van der Waals surface area contributed by atoms with E-state index in [-0.39, 0.29) is 23.1 Å². The zero-order chi connectivity index (χ0) is 20.2. The molecule has 27 heavy (non-hydrogen) atoms. The smallest absolute Gasteiger partial charge is 0.404 e. The minimum atomic E-state index is -4.67. The van der Waals surface area contributed by atoms with Crippen LogP contribution < -0.4 is 10.6 Å². The van der Waals surface area contributed by atoms with Crippen molar-refractivity contribution in [3.8, 4) is 6.07 Å². The van der Waals surface area contributed by atoms with Crippen molar-refractivity contribution in [1.29, 1.82) is 5.26 Å². The number of aromatic nitrogens is 1. The maximum absolute atomic E-state index is 13.6. The third kappa shape index (κ3) is 4.77. The molecule has 1 atom stereocenters. The lowest BCUT2D eigenvalue weighted by molar-refractivity contribution is -0.137. The average Bonchev–Trinajstić information content (AvgIpc) is 2.59. The van der Waals surface area contributed by atoms with Gasteiger partial charge in [-0.05, 0) is 33.5 Å². The molecule has 1 saturated heterocycles. The van der Waals surface area contributed by atoms with E-state index in [2.05, 4.69) is 9.98 Å². The lowest BCUT2D eigenvalue weighted by atomic mass is 10.00. The molecule has 0 radical (unpaired) electrons. The van der Waals surface area contributed by atoms with Crippen molar-refractivity contribution in [2.24, 2.45) is 10.7 Å². The summed E-state index contributed by atoms with van der Waals surface area (Å²) < 4.78 is 40.7. The Morgan fingerprint density at radius 2 is 2.22 bits per heavy atom. The number of pyridine rings is 1. The van der Waals surface area contributed by atoms with Crippen LogP contribution in [0.25, 0.3) is 5.57 Å². The zero-order valence-corrected chi connectivity index (χ0v) is 15.6. The predicted molar refractivity (Wildman–Crippen MR) is 99.5 cm³/mol. The number of rotatable bonds is 6. The largest absolute Gasteiger partial charge is 0.417 e. The average molecular weight is 380 g/mol. The van der Waals surface area contributed by atoms with E-state index in [0.29, 0.717) is 19.6 Å². The predicted octanol–water partition coefficient (Wildman–Crippen LogP) is 2.50. The van der Waals surface area contributed by atoms with Crippen LogP contribution in [-0.2, 0) is 6.18 Å². The molecule has 1 fully saturated rings. The van der Waals surface area contributed by atoms with Gasteiger partial charge in [0.15, 0.2) is 0 Å². The van der Waals surface area contributed by atoms with Crippen molar-refractivity contribution >= 4 is 17.6 Å². The maximum Gasteiger partial charge on any atom is 0.417 e. The van der Waals surface area contributed by atoms with Crippen molar-refractivity contribution in [3.05, 3.63) is 29.1 Å². The van der Waals surface area contributed by atoms with Crippen LogP contribution in [0.3, 0.4) is 0 Å². The number of hydrogen-bond donors (Lipinski definition) is 1. The van der Waals surface area contributed by atoms with Gasteiger partial charge in [0, 0.05) is 37.1 Å². The fraction of sp³-hybridized carbons (Fsp3) is 0.500. The molecule has 1 aliphatic heterocycles. The van der Waals surface area contributed by atoms with Gasteiger partial charge in [-0.1, -0.05) is 0 Å². The minimum Gasteiger partial charge on any atom is -0.404 e. The van der Waals surface area contributed by atoms with Gasteiger partial charge in [0.2, 0.25) is 0 Å². The maximum atomic E-state index is 13.6. The van der Waals surface area contributed by atoms with Crippen LogP contribution in [0.4, 0.5) is 19.0 Å². The van der Waals surface area contributed by atoms with Gasteiger partial charge in [-0.2, -0.15) is 18.4 Å². The van der Waals surface area contributed by atoms with E-state index in [9.17, 15) is 18.4 Å². The molecule has 0 aromatic carbocycles. The van der Waals surface area contributed by atoms with Crippen LogP contribution in [-0.4, -0.2) is 55.9 Å². The lowest BCUT2D eigenvalue weighted by Crippen LogP contribution is -2.47. The number of nitrogens with zero attached hydrogens (tertiary/aromatic N) is 5. The van der Waals surface area contributed by atoms with Gasteiger partial charge in [-0.15, -0.1) is 0 Å². The SMILES string of the molecule is C[C@H]1CCN1c1nc(/C(C=NCCN(C)C)=C/N)cc(C(F)(F)F)c1C#N. The summed E-state index contributed by atoms with van der Waals surface area (Å²) in [6.07, 6.45) is -1.24. The number of hydrogen-bond acceptors (Lipinski definition) is 6. The minimum absolute atomic E-state index is 0.0278. The summed E-state index contributed by atoms with van der Waals surface area (Å²) in [7, 11) is 3.79. The Labute approximate surface area is 156 Å². The number of allylic oxidation sites excluding steroid dienone is 1. The highest BCUT2D eigenvalue weighted by molar-refractivity contribution is 6.09. The quantitative estimate of drug-likeness (QED) is 0.767. The molecule has 0 amide bonds. The number of alkyl halides is 3. The van der Waals surface area contributed by atoms with E-state index in [1.54, 1.807) is 11.0 Å². The van der Waals surface area contributed by atoms with Gasteiger partial charge in [0.1, 0.15) is 17.5 Å². The highest BCUT2D eigenvalue weighted by atomic mass is 19.4. The molecule has 0 unspecified atom stereocenters. The fourth-order valence-electron chi connectivity index (χ4n) is 2.67. The highest BCUT2D eigenvalue weighted by Crippen LogP contribution is 2.38. The lowest BCUT2D eigenvalue weighted by Gasteiger charge is -2.40. The number of likely N-dealkylation sites (N-methyl/N-ethyl adjacent to an activating group) is 1. The van der Waals surface area contributed by atoms with Crippen LogP contribution in [0, 0.1) is 11.3 Å². The molecule has 0 spiro atoms. The van der Waals surface area contributed by atoms with Crippen LogP contribution >= 0.6 is 0 Å². The highest BCUT2D eigenvalue weighted by Gasteiger charge is 2.38. The summed E-state index contributed by atoms with van der Waals surface area (Å²) >= 11 is 0. The molecule has 9 heteroatoms. The van der Waals surface area contributed by atoms with E-state index in [0.717, 1.165) is 12.5 Å². The van der Waals surface area contributed by atoms with Crippen LogP contribution in [0.1, 0.15) is 30.2 Å². The van der Waals surface area contributed by atoms with Gasteiger partial charge in [-0.3, -0.25) is 4.99 Å². The summed E-state index contributed by atoms with van der Waals surface area (Å²) in [6.45, 7) is 3.61. The number of aliphatic imine (C=N–C) groups is 1. The molecule has 2 N–H and O–H groups in total. The van der Waals surface area contributed by atoms with Crippen LogP contribution in [0.5, 0.6) is 0 Å². The van der Waals surface area contributed by atoms with Crippen molar-refractivity contribution in [3.63, 3.8) is 0 Å². The molecule has 0 saturated carbocycles. The summed E-state index contributed by atoms with van der Waals surface area (Å²) in [5.41, 5.74) is 4.47. The Morgan fingerprint density at radius 1 is 1.52 bits per heavy atom. The zero-order valence-electron chi connectivity index (χ0n) is 15.6. The molecule has 2 rings (SSSR count). The number of halogens is 3. The number of anilines is 1. The molecule has 0 aliphatic carbocycles. The Balaban J connectivity index is 2.50. The normalized spacial score (nSPS) is 18.1. The van der Waals surface area contributed by atoms with Gasteiger partial charge < -0.3 is 15.5 Å². The molecule has 0 bridgehead atoms. The summed E-state index contributed by atoms with van der Waals surface area (Å²) in [5, 5.41) is 9.34. The summed E-state index contributed by atoms with van der Waals surface area (Å²) in [5.74, 6) is 0.0436. The number of nitrogens with two attached hydrogens (primary N) is 1. The Hall–Kier alpha value is -2.60. The van der Waals surface area contributed by atoms with E-state index < -0.39 is 17.3 Å². The number of nitriles is 1. The van der Waals surface area contributed by atoms with Gasteiger partial charge >= 0.3 is 6.18 Å². The Morgan fingerprint density at radius 3 is 2.67 bits per heavy atom. The molecular weight excluding hydrogens is 357 g/mol. The van der Waals surface area contributed by atoms with E-state index in [4.69, 9.17) is 5.73 Å². The van der Waals surface area contributed by atoms with Gasteiger partial charge in [0.05, 0.1) is 17.8 Å². The first-order valence-corrected chi connectivity index (χ1v) is 8.54. The van der Waals surface area contributed by atoms with Crippen LogP contribution in [0.2, 0.25) is 0 Å².